The number of aliphatic hydroxyl groups is 3. The number of benzene rings is 2. The van der Waals surface area contributed by atoms with E-state index in [4.69, 9.17) is 23.7 Å². The van der Waals surface area contributed by atoms with Gasteiger partial charge in [0.1, 0.15) is 24.4 Å². The third-order valence-corrected chi connectivity index (χ3v) is 11.3. The maximum Gasteiger partial charge on any atom is 0.509 e. The number of fused-ring (bicyclic) bond motifs is 5. The van der Waals surface area contributed by atoms with Crippen LogP contribution < -0.4 is 0 Å². The standard InChI is InChI=1S/C37H42O12/c1-20-24(39)17-37(44)31(48-32(42)23-14-10-7-11-15-23)29-35(5,25(40)16-26-36(29,19-46-26)49-21(2)38)30(41)28(27(20)34(37,3)4)47-33(43)45-18-22-12-8-6-9-13-22/h6-15,24-26,28-29,31,39-40,44H,16-19H2,1-5H3/t24-,25-,26+,28+,29?,31?,35+,36-,37+/m0/s1. The first kappa shape index (κ1) is 34.8. The minimum atomic E-state index is -2.18. The van der Waals surface area contributed by atoms with Gasteiger partial charge in [-0.05, 0) is 42.7 Å². The second-order valence-corrected chi connectivity index (χ2v) is 14.3. The van der Waals surface area contributed by atoms with Crippen molar-refractivity contribution in [3.63, 3.8) is 0 Å². The molecule has 1 heterocycles. The molecule has 6 rings (SSSR count). The van der Waals surface area contributed by atoms with Crippen molar-refractivity contribution >= 4 is 23.9 Å². The summed E-state index contributed by atoms with van der Waals surface area (Å²) in [5.74, 6) is -3.81. The van der Waals surface area contributed by atoms with Crippen LogP contribution in [0.3, 0.4) is 0 Å². The summed E-state index contributed by atoms with van der Waals surface area (Å²) >= 11 is 0. The van der Waals surface area contributed by atoms with Crippen LogP contribution >= 0.6 is 0 Å². The molecule has 12 nitrogen and oxygen atoms in total. The highest BCUT2D eigenvalue weighted by Crippen LogP contribution is 2.64. The van der Waals surface area contributed by atoms with E-state index in [2.05, 4.69) is 0 Å². The molecule has 0 radical (unpaired) electrons. The maximum atomic E-state index is 15.2. The highest BCUT2D eigenvalue weighted by atomic mass is 16.7. The van der Waals surface area contributed by atoms with Crippen molar-refractivity contribution in [2.45, 2.75) is 95.8 Å². The lowest BCUT2D eigenvalue weighted by molar-refractivity contribution is -0.345. The van der Waals surface area contributed by atoms with Gasteiger partial charge in [0.05, 0.1) is 35.7 Å². The molecule has 3 fully saturated rings. The lowest BCUT2D eigenvalue weighted by atomic mass is 9.44. The number of Topliss-reactive ketones (excluding diaryl/α,β-unsaturated/α-hetero) is 1. The number of hydrogen-bond acceptors (Lipinski definition) is 12. The van der Waals surface area contributed by atoms with E-state index >= 15 is 4.79 Å². The number of esters is 2. The normalized spacial score (nSPS) is 36.1. The summed E-state index contributed by atoms with van der Waals surface area (Å²) in [4.78, 5) is 55.2. The zero-order valence-corrected chi connectivity index (χ0v) is 28.1. The summed E-state index contributed by atoms with van der Waals surface area (Å²) in [6, 6.07) is 16.9. The molecule has 2 unspecified atom stereocenters. The van der Waals surface area contributed by atoms with Crippen LogP contribution in [0.2, 0.25) is 0 Å². The van der Waals surface area contributed by atoms with Gasteiger partial charge >= 0.3 is 18.1 Å². The minimum Gasteiger partial charge on any atom is -0.455 e. The van der Waals surface area contributed by atoms with Crippen molar-refractivity contribution in [3.05, 3.63) is 82.9 Å². The number of ether oxygens (including phenoxy) is 5. The van der Waals surface area contributed by atoms with Gasteiger partial charge in [0.25, 0.3) is 0 Å². The van der Waals surface area contributed by atoms with Crippen LogP contribution in [-0.4, -0.2) is 87.5 Å². The lowest BCUT2D eigenvalue weighted by Gasteiger charge is -2.67. The molecule has 262 valence electrons. The molecule has 12 heteroatoms. The monoisotopic (exact) mass is 678 g/mol. The van der Waals surface area contributed by atoms with Gasteiger partial charge in [-0.3, -0.25) is 9.59 Å². The van der Waals surface area contributed by atoms with E-state index in [1.807, 2.05) is 0 Å². The van der Waals surface area contributed by atoms with E-state index in [-0.39, 0.29) is 42.8 Å². The zero-order chi connectivity index (χ0) is 35.5. The van der Waals surface area contributed by atoms with Crippen molar-refractivity contribution in [3.8, 4) is 0 Å². The van der Waals surface area contributed by atoms with Gasteiger partial charge in [-0.15, -0.1) is 0 Å². The highest BCUT2D eigenvalue weighted by molar-refractivity contribution is 5.95. The third-order valence-electron chi connectivity index (χ3n) is 11.3. The average molecular weight is 679 g/mol. The summed E-state index contributed by atoms with van der Waals surface area (Å²) in [7, 11) is 0. The molecule has 1 aliphatic heterocycles. The van der Waals surface area contributed by atoms with Crippen LogP contribution in [0.15, 0.2) is 71.8 Å². The molecule has 2 aromatic rings. The fraction of sp³-hybridized carbons (Fsp3) is 0.514. The molecule has 0 aromatic heterocycles. The zero-order valence-electron chi connectivity index (χ0n) is 28.1. The van der Waals surface area contributed by atoms with Crippen molar-refractivity contribution in [2.75, 3.05) is 6.61 Å². The quantitative estimate of drug-likeness (QED) is 0.231. The second kappa shape index (κ2) is 12.3. The van der Waals surface area contributed by atoms with E-state index < -0.39 is 82.3 Å². The molecular weight excluding hydrogens is 636 g/mol. The molecule has 9 atom stereocenters. The Labute approximate surface area is 283 Å². The van der Waals surface area contributed by atoms with E-state index in [0.29, 0.717) is 5.56 Å². The Hall–Kier alpha value is -4.10. The number of carbonyl (C=O) groups is 4. The van der Waals surface area contributed by atoms with E-state index in [9.17, 15) is 29.7 Å². The number of carbonyl (C=O) groups excluding carboxylic acids is 4. The Kier molecular flexibility index (Phi) is 8.76. The van der Waals surface area contributed by atoms with E-state index in [1.54, 1.807) is 69.3 Å². The average Bonchev–Trinajstić information content (AvgIpc) is 3.06. The van der Waals surface area contributed by atoms with Crippen LogP contribution in [0, 0.1) is 16.7 Å². The minimum absolute atomic E-state index is 0.0802. The third kappa shape index (κ3) is 5.36. The summed E-state index contributed by atoms with van der Waals surface area (Å²) < 4.78 is 29.3. The smallest absolute Gasteiger partial charge is 0.455 e. The topological polar surface area (TPSA) is 175 Å². The first-order chi connectivity index (χ1) is 23.1. The van der Waals surface area contributed by atoms with Crippen molar-refractivity contribution in [1.82, 2.24) is 0 Å². The molecule has 1 saturated heterocycles. The summed E-state index contributed by atoms with van der Waals surface area (Å²) in [5, 5.41) is 36.5. The van der Waals surface area contributed by atoms with Gasteiger partial charge in [-0.1, -0.05) is 62.4 Å². The molecule has 2 bridgehead atoms. The lowest BCUT2D eigenvalue weighted by Crippen LogP contribution is -2.81. The van der Waals surface area contributed by atoms with Gasteiger partial charge in [0, 0.05) is 25.2 Å². The summed E-state index contributed by atoms with van der Waals surface area (Å²) in [6.07, 6.45) is -8.94. The number of hydrogen-bond donors (Lipinski definition) is 3. The molecule has 4 aliphatic rings. The van der Waals surface area contributed by atoms with Gasteiger partial charge in [0.2, 0.25) is 0 Å². The Bertz CT molecular complexity index is 1670. The Morgan fingerprint density at radius 3 is 2.18 bits per heavy atom. The molecule has 3 aliphatic carbocycles. The number of rotatable bonds is 6. The molecule has 2 aromatic carbocycles. The predicted octanol–water partition coefficient (Wildman–Crippen LogP) is 3.44. The van der Waals surface area contributed by atoms with Gasteiger partial charge in [0.15, 0.2) is 17.5 Å². The molecule has 0 spiro atoms. The molecular formula is C37H42O12. The van der Waals surface area contributed by atoms with Gasteiger partial charge in [-0.2, -0.15) is 0 Å². The number of aliphatic hydroxyl groups excluding tert-OH is 2. The molecule has 0 amide bonds. The fourth-order valence-electron chi connectivity index (χ4n) is 8.59. The van der Waals surface area contributed by atoms with Crippen molar-refractivity contribution < 1.29 is 58.2 Å². The summed E-state index contributed by atoms with van der Waals surface area (Å²) in [5.41, 5.74) is -6.18. The predicted molar refractivity (Wildman–Crippen MR) is 171 cm³/mol. The van der Waals surface area contributed by atoms with Gasteiger partial charge < -0.3 is 39.0 Å². The Morgan fingerprint density at radius 1 is 0.959 bits per heavy atom. The van der Waals surface area contributed by atoms with Crippen LogP contribution in [0.4, 0.5) is 4.79 Å². The molecule has 3 N–H and O–H groups in total. The number of ketones is 1. The first-order valence-corrected chi connectivity index (χ1v) is 16.4. The van der Waals surface area contributed by atoms with E-state index in [1.165, 1.54) is 26.0 Å². The van der Waals surface area contributed by atoms with Crippen LogP contribution in [0.1, 0.15) is 63.4 Å². The first-order valence-electron chi connectivity index (χ1n) is 16.4. The van der Waals surface area contributed by atoms with Crippen molar-refractivity contribution in [1.29, 1.82) is 0 Å². The van der Waals surface area contributed by atoms with E-state index in [0.717, 1.165) is 0 Å². The molecule has 49 heavy (non-hydrogen) atoms. The van der Waals surface area contributed by atoms with Crippen LogP contribution in [-0.2, 0) is 39.9 Å². The van der Waals surface area contributed by atoms with Crippen molar-refractivity contribution in [2.24, 2.45) is 16.7 Å². The largest absolute Gasteiger partial charge is 0.509 e. The SMILES string of the molecule is CC(=O)O[C@@]12CO[C@@H]1C[C@H](O)[C@@]1(C)C(=O)[C@H](OC(=O)OCc3ccccc3)C3=C(C)[C@@H](O)C[C@@](O)(C(OC(=O)c4ccccc4)C12)C3(C)C. The Morgan fingerprint density at radius 2 is 1.59 bits per heavy atom. The fourth-order valence-corrected chi connectivity index (χ4v) is 8.59. The second-order valence-electron chi connectivity index (χ2n) is 14.3. The molecule has 2 saturated carbocycles. The maximum absolute atomic E-state index is 15.2. The summed E-state index contributed by atoms with van der Waals surface area (Å²) in [6.45, 7) is 7.00. The van der Waals surface area contributed by atoms with Crippen LogP contribution in [0.25, 0.3) is 0 Å². The Balaban J connectivity index is 1.54. The van der Waals surface area contributed by atoms with Crippen LogP contribution in [0.5, 0.6) is 0 Å². The van der Waals surface area contributed by atoms with Gasteiger partial charge in [-0.25, -0.2) is 9.59 Å². The highest BCUT2D eigenvalue weighted by Gasteiger charge is 2.78.